The molecule has 0 N–H and O–H groups in total. The van der Waals surface area contributed by atoms with E-state index in [-0.39, 0.29) is 16.2 Å². The Labute approximate surface area is 131 Å². The highest BCUT2D eigenvalue weighted by atomic mass is 32.2. The molecular formula is C17H17NO3S. The molecule has 0 fully saturated rings. The fourth-order valence-corrected chi connectivity index (χ4v) is 2.96. The van der Waals surface area contributed by atoms with E-state index in [1.165, 1.54) is 18.2 Å². The lowest BCUT2D eigenvalue weighted by Gasteiger charge is -2.11. The number of hydrogen-bond acceptors (Lipinski definition) is 4. The van der Waals surface area contributed by atoms with Gasteiger partial charge in [0.15, 0.2) is 0 Å². The minimum Gasteiger partial charge on any atom is -0.379 e. The van der Waals surface area contributed by atoms with E-state index in [1.54, 1.807) is 18.2 Å². The summed E-state index contributed by atoms with van der Waals surface area (Å²) in [4.78, 5) is -0.0300. The Morgan fingerprint density at radius 2 is 1.86 bits per heavy atom. The van der Waals surface area contributed by atoms with Crippen LogP contribution in [0.1, 0.15) is 37.3 Å². The molecule has 114 valence electrons. The van der Waals surface area contributed by atoms with E-state index in [1.807, 2.05) is 18.2 Å². The van der Waals surface area contributed by atoms with Crippen LogP contribution < -0.4 is 4.18 Å². The van der Waals surface area contributed by atoms with Crippen molar-refractivity contribution < 1.29 is 12.6 Å². The topological polar surface area (TPSA) is 67.2 Å². The average molecular weight is 315 g/mol. The quantitative estimate of drug-likeness (QED) is 0.786. The summed E-state index contributed by atoms with van der Waals surface area (Å²) in [5, 5.41) is 8.84. The average Bonchev–Trinajstić information content (AvgIpc) is 2.54. The highest BCUT2D eigenvalue weighted by Gasteiger charge is 2.17. The summed E-state index contributed by atoms with van der Waals surface area (Å²) in [6.07, 6.45) is 1.01. The molecule has 0 bridgehead atoms. The zero-order valence-corrected chi connectivity index (χ0v) is 13.3. The monoisotopic (exact) mass is 315 g/mol. The van der Waals surface area contributed by atoms with E-state index in [4.69, 9.17) is 9.44 Å². The maximum atomic E-state index is 12.2. The first-order valence-electron chi connectivity index (χ1n) is 7.01. The fraction of sp³-hybridized carbons (Fsp3) is 0.235. The SMILES string of the molecule is CC[C@H](C)c1ccc(OS(=O)(=O)c2cccc(C#N)c2)cc1. The Bertz CT molecular complexity index is 789. The zero-order valence-electron chi connectivity index (χ0n) is 12.5. The Hall–Kier alpha value is -2.32. The predicted octanol–water partition coefficient (Wildman–Crippen LogP) is 3.84. The van der Waals surface area contributed by atoms with Crippen LogP contribution in [0.15, 0.2) is 53.4 Å². The van der Waals surface area contributed by atoms with E-state index in [9.17, 15) is 8.42 Å². The summed E-state index contributed by atoms with van der Waals surface area (Å²) in [6, 6.07) is 14.7. The van der Waals surface area contributed by atoms with Crippen molar-refractivity contribution in [3.8, 4) is 11.8 Å². The molecule has 0 unspecified atom stereocenters. The Morgan fingerprint density at radius 1 is 1.18 bits per heavy atom. The standard InChI is InChI=1S/C17H17NO3S/c1-3-13(2)15-7-9-16(10-8-15)21-22(19,20)17-6-4-5-14(11-17)12-18/h4-11,13H,3H2,1-2H3/t13-/m0/s1. The van der Waals surface area contributed by atoms with Crippen LogP contribution in [0, 0.1) is 11.3 Å². The molecule has 0 aliphatic heterocycles. The molecule has 2 rings (SSSR count). The lowest BCUT2D eigenvalue weighted by molar-refractivity contribution is 0.486. The molecule has 0 aliphatic carbocycles. The molecule has 0 radical (unpaired) electrons. The molecule has 0 saturated carbocycles. The third kappa shape index (κ3) is 3.66. The lowest BCUT2D eigenvalue weighted by atomic mass is 9.99. The Morgan fingerprint density at radius 3 is 2.45 bits per heavy atom. The molecule has 0 spiro atoms. The van der Waals surface area contributed by atoms with Gasteiger partial charge in [-0.15, -0.1) is 0 Å². The Kier molecular flexibility index (Phi) is 4.84. The molecule has 0 aliphatic rings. The number of rotatable bonds is 5. The van der Waals surface area contributed by atoms with Crippen LogP contribution in [-0.2, 0) is 10.1 Å². The number of hydrogen-bond donors (Lipinski definition) is 0. The first-order valence-corrected chi connectivity index (χ1v) is 8.41. The van der Waals surface area contributed by atoms with Crippen LogP contribution in [-0.4, -0.2) is 8.42 Å². The third-order valence-electron chi connectivity index (χ3n) is 3.52. The first-order chi connectivity index (χ1) is 10.5. The molecule has 0 amide bonds. The van der Waals surface area contributed by atoms with Crippen molar-refractivity contribution in [1.82, 2.24) is 0 Å². The second-order valence-electron chi connectivity index (χ2n) is 5.06. The van der Waals surface area contributed by atoms with Gasteiger partial charge in [-0.25, -0.2) is 0 Å². The number of nitriles is 1. The molecular weight excluding hydrogens is 298 g/mol. The van der Waals surface area contributed by atoms with Crippen molar-refractivity contribution in [2.75, 3.05) is 0 Å². The smallest absolute Gasteiger partial charge is 0.339 e. The molecule has 5 heteroatoms. The van der Waals surface area contributed by atoms with E-state index < -0.39 is 10.1 Å². The summed E-state index contributed by atoms with van der Waals surface area (Å²) in [5.41, 5.74) is 1.41. The molecule has 0 aromatic heterocycles. The van der Waals surface area contributed by atoms with Gasteiger partial charge < -0.3 is 4.18 Å². The van der Waals surface area contributed by atoms with Crippen molar-refractivity contribution in [3.05, 3.63) is 59.7 Å². The normalized spacial score (nSPS) is 12.4. The molecule has 2 aromatic carbocycles. The third-order valence-corrected chi connectivity index (χ3v) is 4.76. The molecule has 2 aromatic rings. The summed E-state index contributed by atoms with van der Waals surface area (Å²) < 4.78 is 29.5. The first kappa shape index (κ1) is 16.1. The second kappa shape index (κ2) is 6.63. The molecule has 22 heavy (non-hydrogen) atoms. The van der Waals surface area contributed by atoms with Gasteiger partial charge in [0, 0.05) is 0 Å². The van der Waals surface area contributed by atoms with E-state index in [2.05, 4.69) is 13.8 Å². The van der Waals surface area contributed by atoms with Crippen LogP contribution in [0.4, 0.5) is 0 Å². The van der Waals surface area contributed by atoms with Gasteiger partial charge in [-0.05, 0) is 48.2 Å². The van der Waals surface area contributed by atoms with Crippen molar-refractivity contribution in [2.24, 2.45) is 0 Å². The van der Waals surface area contributed by atoms with Gasteiger partial charge in [-0.3, -0.25) is 0 Å². The number of nitrogens with zero attached hydrogens (tertiary/aromatic N) is 1. The van der Waals surface area contributed by atoms with Gasteiger partial charge in [0.05, 0.1) is 11.6 Å². The second-order valence-corrected chi connectivity index (χ2v) is 6.60. The molecule has 0 saturated heterocycles. The largest absolute Gasteiger partial charge is 0.379 e. The van der Waals surface area contributed by atoms with E-state index in [0.717, 1.165) is 12.0 Å². The summed E-state index contributed by atoms with van der Waals surface area (Å²) in [5.74, 6) is 0.674. The van der Waals surface area contributed by atoms with E-state index >= 15 is 0 Å². The van der Waals surface area contributed by atoms with Gasteiger partial charge in [-0.1, -0.05) is 32.0 Å². The predicted molar refractivity (Wildman–Crippen MR) is 84.1 cm³/mol. The van der Waals surface area contributed by atoms with Gasteiger partial charge in [0.2, 0.25) is 0 Å². The molecule has 0 heterocycles. The van der Waals surface area contributed by atoms with Gasteiger partial charge in [0.25, 0.3) is 0 Å². The van der Waals surface area contributed by atoms with Crippen LogP contribution in [0.5, 0.6) is 5.75 Å². The van der Waals surface area contributed by atoms with Crippen LogP contribution in [0.2, 0.25) is 0 Å². The highest BCUT2D eigenvalue weighted by Crippen LogP contribution is 2.24. The van der Waals surface area contributed by atoms with Crippen molar-refractivity contribution in [1.29, 1.82) is 5.26 Å². The summed E-state index contributed by atoms with van der Waals surface area (Å²) in [7, 11) is -3.94. The van der Waals surface area contributed by atoms with Gasteiger partial charge in [-0.2, -0.15) is 13.7 Å². The Balaban J connectivity index is 2.23. The maximum Gasteiger partial charge on any atom is 0.339 e. The van der Waals surface area contributed by atoms with Crippen molar-refractivity contribution >= 4 is 10.1 Å². The zero-order chi connectivity index (χ0) is 16.2. The fourth-order valence-electron chi connectivity index (χ4n) is 1.98. The highest BCUT2D eigenvalue weighted by molar-refractivity contribution is 7.87. The van der Waals surface area contributed by atoms with Crippen molar-refractivity contribution in [2.45, 2.75) is 31.1 Å². The summed E-state index contributed by atoms with van der Waals surface area (Å²) in [6.45, 7) is 4.21. The van der Waals surface area contributed by atoms with E-state index in [0.29, 0.717) is 5.92 Å². The van der Waals surface area contributed by atoms with Crippen LogP contribution >= 0.6 is 0 Å². The minimum atomic E-state index is -3.94. The van der Waals surface area contributed by atoms with Gasteiger partial charge in [0.1, 0.15) is 10.6 Å². The van der Waals surface area contributed by atoms with Gasteiger partial charge >= 0.3 is 10.1 Å². The summed E-state index contributed by atoms with van der Waals surface area (Å²) >= 11 is 0. The maximum absolute atomic E-state index is 12.2. The number of benzene rings is 2. The van der Waals surface area contributed by atoms with Crippen LogP contribution in [0.3, 0.4) is 0 Å². The van der Waals surface area contributed by atoms with Crippen LogP contribution in [0.25, 0.3) is 0 Å². The van der Waals surface area contributed by atoms with Crippen molar-refractivity contribution in [3.63, 3.8) is 0 Å². The molecule has 1 atom stereocenters. The lowest BCUT2D eigenvalue weighted by Crippen LogP contribution is -2.10. The molecule has 4 nitrogen and oxygen atoms in total. The minimum absolute atomic E-state index is 0.0300.